The maximum atomic E-state index is 13.0. The standard InChI is InChI=1S/C28H31F3N6O2/c1-16-12-21(14-33-24(16)18-6-9-20(10-7-18)36-26(39)27(3,4)5)35-25(38)22-15-34-37(17(22)2)23-11-8-19(13-32-23)28(29,30)31/h6,8,11-15,20H,7,9-10H2,1-5H3,(H,35,38)(H,36,39). The number of amides is 2. The summed E-state index contributed by atoms with van der Waals surface area (Å²) >= 11 is 0. The van der Waals surface area contributed by atoms with Gasteiger partial charge in [0.25, 0.3) is 5.91 Å². The molecule has 2 N–H and O–H groups in total. The van der Waals surface area contributed by atoms with Gasteiger partial charge in [0.15, 0.2) is 5.82 Å². The van der Waals surface area contributed by atoms with E-state index in [2.05, 4.69) is 31.8 Å². The first kappa shape index (κ1) is 28.0. The van der Waals surface area contributed by atoms with Crippen LogP contribution in [-0.4, -0.2) is 37.6 Å². The van der Waals surface area contributed by atoms with Crippen molar-refractivity contribution < 1.29 is 22.8 Å². The zero-order valence-corrected chi connectivity index (χ0v) is 22.5. The highest BCUT2D eigenvalue weighted by Crippen LogP contribution is 2.30. The molecule has 0 radical (unpaired) electrons. The van der Waals surface area contributed by atoms with Crippen LogP contribution in [0.1, 0.15) is 72.9 Å². The van der Waals surface area contributed by atoms with E-state index in [1.807, 2.05) is 33.8 Å². The van der Waals surface area contributed by atoms with E-state index in [4.69, 9.17) is 0 Å². The Morgan fingerprint density at radius 2 is 1.79 bits per heavy atom. The van der Waals surface area contributed by atoms with Crippen LogP contribution >= 0.6 is 0 Å². The number of alkyl halides is 3. The van der Waals surface area contributed by atoms with Crippen LogP contribution in [0.5, 0.6) is 0 Å². The van der Waals surface area contributed by atoms with E-state index >= 15 is 0 Å². The van der Waals surface area contributed by atoms with Crippen molar-refractivity contribution in [3.05, 3.63) is 70.9 Å². The monoisotopic (exact) mass is 540 g/mol. The minimum Gasteiger partial charge on any atom is -0.353 e. The lowest BCUT2D eigenvalue weighted by Crippen LogP contribution is -2.42. The summed E-state index contributed by atoms with van der Waals surface area (Å²) in [6.45, 7) is 9.24. The van der Waals surface area contributed by atoms with Crippen LogP contribution in [0, 0.1) is 19.3 Å². The van der Waals surface area contributed by atoms with E-state index in [0.29, 0.717) is 11.4 Å². The summed E-state index contributed by atoms with van der Waals surface area (Å²) in [6, 6.07) is 4.06. The number of aryl methyl sites for hydroxylation is 1. The maximum absolute atomic E-state index is 13.0. The number of rotatable bonds is 5. The number of hydrogen-bond donors (Lipinski definition) is 2. The lowest BCUT2D eigenvalue weighted by Gasteiger charge is -2.27. The van der Waals surface area contributed by atoms with Gasteiger partial charge in [0.2, 0.25) is 5.91 Å². The summed E-state index contributed by atoms with van der Waals surface area (Å²) in [5.41, 5.74) is 2.76. The van der Waals surface area contributed by atoms with Crippen LogP contribution < -0.4 is 10.6 Å². The number of carbonyl (C=O) groups is 2. The predicted molar refractivity (Wildman–Crippen MR) is 141 cm³/mol. The van der Waals surface area contributed by atoms with E-state index in [9.17, 15) is 22.8 Å². The summed E-state index contributed by atoms with van der Waals surface area (Å²) in [5, 5.41) is 10.1. The average molecular weight is 541 g/mol. The minimum atomic E-state index is -4.49. The van der Waals surface area contributed by atoms with Gasteiger partial charge in [-0.3, -0.25) is 14.6 Å². The average Bonchev–Trinajstić information content (AvgIpc) is 3.25. The van der Waals surface area contributed by atoms with Crippen LogP contribution in [0.2, 0.25) is 0 Å². The van der Waals surface area contributed by atoms with Gasteiger partial charge < -0.3 is 10.6 Å². The highest BCUT2D eigenvalue weighted by atomic mass is 19.4. The fourth-order valence-electron chi connectivity index (χ4n) is 4.30. The van der Waals surface area contributed by atoms with Crippen molar-refractivity contribution in [2.75, 3.05) is 5.32 Å². The molecule has 39 heavy (non-hydrogen) atoms. The summed E-state index contributed by atoms with van der Waals surface area (Å²) in [4.78, 5) is 33.7. The molecule has 4 rings (SSSR count). The van der Waals surface area contributed by atoms with Crippen molar-refractivity contribution in [2.45, 2.75) is 66.1 Å². The third kappa shape index (κ3) is 6.35. The van der Waals surface area contributed by atoms with Crippen LogP contribution in [0.4, 0.5) is 18.9 Å². The Labute approximate surface area is 224 Å². The Morgan fingerprint density at radius 3 is 2.36 bits per heavy atom. The minimum absolute atomic E-state index is 0.0372. The van der Waals surface area contributed by atoms with Gasteiger partial charge in [-0.1, -0.05) is 26.8 Å². The number of aromatic nitrogens is 4. The van der Waals surface area contributed by atoms with Crippen molar-refractivity contribution in [1.82, 2.24) is 25.1 Å². The molecule has 0 aliphatic heterocycles. The second-order valence-corrected chi connectivity index (χ2v) is 10.7. The molecule has 3 aromatic rings. The Morgan fingerprint density at radius 1 is 1.05 bits per heavy atom. The zero-order chi connectivity index (χ0) is 28.5. The summed E-state index contributed by atoms with van der Waals surface area (Å²) in [6.07, 6.45) is 3.63. The molecule has 11 heteroatoms. The first-order chi connectivity index (χ1) is 18.2. The Balaban J connectivity index is 1.43. The highest BCUT2D eigenvalue weighted by molar-refractivity contribution is 6.05. The number of carbonyl (C=O) groups excluding carboxylic acids is 2. The Kier molecular flexibility index (Phi) is 7.63. The topological polar surface area (TPSA) is 102 Å². The molecule has 1 unspecified atom stereocenters. The number of allylic oxidation sites excluding steroid dienone is 1. The molecule has 0 fully saturated rings. The van der Waals surface area contributed by atoms with Gasteiger partial charge in [0, 0.05) is 17.7 Å². The molecular formula is C28H31F3N6O2. The number of nitrogens with one attached hydrogen (secondary N) is 2. The third-order valence-electron chi connectivity index (χ3n) is 6.61. The predicted octanol–water partition coefficient (Wildman–Crippen LogP) is 5.65. The Hall–Kier alpha value is -4.02. The SMILES string of the molecule is Cc1cc(NC(=O)c2cnn(-c3ccc(C(F)(F)F)cn3)c2C)cnc1C1=CCC(NC(=O)C(C)(C)C)CC1. The molecule has 8 nitrogen and oxygen atoms in total. The van der Waals surface area contributed by atoms with Gasteiger partial charge >= 0.3 is 6.18 Å². The molecule has 0 bridgehead atoms. The largest absolute Gasteiger partial charge is 0.417 e. The normalized spacial score (nSPS) is 16.0. The zero-order valence-electron chi connectivity index (χ0n) is 22.5. The van der Waals surface area contributed by atoms with Crippen molar-refractivity contribution in [3.63, 3.8) is 0 Å². The van der Waals surface area contributed by atoms with Gasteiger partial charge in [-0.25, -0.2) is 9.67 Å². The van der Waals surface area contributed by atoms with Crippen LogP contribution in [0.15, 0.2) is 42.9 Å². The number of nitrogens with zero attached hydrogens (tertiary/aromatic N) is 4. The third-order valence-corrected chi connectivity index (χ3v) is 6.61. The maximum Gasteiger partial charge on any atom is 0.417 e. The first-order valence-corrected chi connectivity index (χ1v) is 12.6. The van der Waals surface area contributed by atoms with Gasteiger partial charge in [-0.05, 0) is 62.4 Å². The van der Waals surface area contributed by atoms with Crippen LogP contribution in [0.25, 0.3) is 11.4 Å². The van der Waals surface area contributed by atoms with E-state index in [0.717, 1.165) is 48.4 Å². The quantitative estimate of drug-likeness (QED) is 0.436. The molecule has 1 atom stereocenters. The van der Waals surface area contributed by atoms with Crippen molar-refractivity contribution >= 4 is 23.1 Å². The van der Waals surface area contributed by atoms with Crippen molar-refractivity contribution in [1.29, 1.82) is 0 Å². The molecule has 0 aromatic carbocycles. The number of halogens is 3. The Bertz CT molecular complexity index is 1420. The molecule has 1 aliphatic rings. The van der Waals surface area contributed by atoms with Crippen LogP contribution in [0.3, 0.4) is 0 Å². The molecule has 0 saturated heterocycles. The molecule has 0 saturated carbocycles. The molecule has 3 aromatic heterocycles. The van der Waals surface area contributed by atoms with Crippen LogP contribution in [-0.2, 0) is 11.0 Å². The van der Waals surface area contributed by atoms with Gasteiger partial charge in [-0.15, -0.1) is 0 Å². The fraction of sp³-hybridized carbons (Fsp3) is 0.393. The molecule has 2 amide bonds. The molecule has 3 heterocycles. The summed E-state index contributed by atoms with van der Waals surface area (Å²) < 4.78 is 39.8. The number of anilines is 1. The van der Waals surface area contributed by atoms with E-state index < -0.39 is 23.1 Å². The lowest BCUT2D eigenvalue weighted by molar-refractivity contribution is -0.137. The van der Waals surface area contributed by atoms with E-state index in [-0.39, 0.29) is 23.3 Å². The van der Waals surface area contributed by atoms with E-state index in [1.165, 1.54) is 16.9 Å². The fourth-order valence-corrected chi connectivity index (χ4v) is 4.30. The molecule has 206 valence electrons. The lowest BCUT2D eigenvalue weighted by atomic mass is 9.89. The second kappa shape index (κ2) is 10.6. The second-order valence-electron chi connectivity index (χ2n) is 10.7. The molecular weight excluding hydrogens is 509 g/mol. The highest BCUT2D eigenvalue weighted by Gasteiger charge is 2.31. The first-order valence-electron chi connectivity index (χ1n) is 12.6. The number of pyridine rings is 2. The van der Waals surface area contributed by atoms with Gasteiger partial charge in [0.05, 0.1) is 40.6 Å². The summed E-state index contributed by atoms with van der Waals surface area (Å²) in [5.74, 6) is -0.216. The van der Waals surface area contributed by atoms with Gasteiger partial charge in [-0.2, -0.15) is 18.3 Å². The summed E-state index contributed by atoms with van der Waals surface area (Å²) in [7, 11) is 0. The van der Waals surface area contributed by atoms with Gasteiger partial charge in [0.1, 0.15) is 0 Å². The van der Waals surface area contributed by atoms with Crippen molar-refractivity contribution in [3.8, 4) is 5.82 Å². The number of hydrogen-bond acceptors (Lipinski definition) is 5. The molecule has 1 aliphatic carbocycles. The smallest absolute Gasteiger partial charge is 0.353 e. The van der Waals surface area contributed by atoms with E-state index in [1.54, 1.807) is 13.1 Å². The van der Waals surface area contributed by atoms with Crippen molar-refractivity contribution in [2.24, 2.45) is 5.41 Å². The molecule has 0 spiro atoms.